The second-order valence-electron chi connectivity index (χ2n) is 5.70. The summed E-state index contributed by atoms with van der Waals surface area (Å²) in [7, 11) is 2.05. The zero-order chi connectivity index (χ0) is 14.5. The molecule has 0 unspecified atom stereocenters. The van der Waals surface area contributed by atoms with E-state index in [2.05, 4.69) is 30.0 Å². The summed E-state index contributed by atoms with van der Waals surface area (Å²) in [6.45, 7) is 10.3. The maximum absolute atomic E-state index is 9.06. The van der Waals surface area contributed by atoms with Crippen LogP contribution in [0.15, 0.2) is 18.2 Å². The second kappa shape index (κ2) is 6.58. The summed E-state index contributed by atoms with van der Waals surface area (Å²) >= 11 is 0. The van der Waals surface area contributed by atoms with Crippen molar-refractivity contribution in [3.05, 3.63) is 29.3 Å². The van der Waals surface area contributed by atoms with E-state index in [-0.39, 0.29) is 5.41 Å². The third-order valence-corrected chi connectivity index (χ3v) is 2.96. The molecule has 0 aliphatic heterocycles. The van der Waals surface area contributed by atoms with E-state index in [4.69, 9.17) is 10.00 Å². The van der Waals surface area contributed by atoms with Crippen molar-refractivity contribution in [3.63, 3.8) is 0 Å². The standard InChI is InChI=1S/C16H24N2O/c1-6-19-15-8-7-14(9-13(15)2)10-18(5)12-16(3,4)11-17/h7-9H,6,10,12H2,1-5H3. The van der Waals surface area contributed by atoms with E-state index in [1.54, 1.807) is 0 Å². The van der Waals surface area contributed by atoms with Crippen LogP contribution in [0.4, 0.5) is 0 Å². The van der Waals surface area contributed by atoms with E-state index in [1.807, 2.05) is 33.9 Å². The van der Waals surface area contributed by atoms with Crippen LogP contribution in [0, 0.1) is 23.7 Å². The molecule has 104 valence electrons. The first kappa shape index (κ1) is 15.5. The summed E-state index contributed by atoms with van der Waals surface area (Å²) in [6, 6.07) is 8.60. The van der Waals surface area contributed by atoms with E-state index in [9.17, 15) is 0 Å². The number of aryl methyl sites for hydroxylation is 1. The monoisotopic (exact) mass is 260 g/mol. The van der Waals surface area contributed by atoms with E-state index < -0.39 is 0 Å². The molecule has 19 heavy (non-hydrogen) atoms. The topological polar surface area (TPSA) is 36.3 Å². The minimum Gasteiger partial charge on any atom is -0.494 e. The summed E-state index contributed by atoms with van der Waals surface area (Å²) in [6.07, 6.45) is 0. The van der Waals surface area contributed by atoms with Crippen LogP contribution in [0.3, 0.4) is 0 Å². The van der Waals surface area contributed by atoms with E-state index in [0.717, 1.165) is 24.4 Å². The zero-order valence-electron chi connectivity index (χ0n) is 12.7. The lowest BCUT2D eigenvalue weighted by Gasteiger charge is -2.24. The molecule has 0 bridgehead atoms. The van der Waals surface area contributed by atoms with Gasteiger partial charge in [-0.2, -0.15) is 5.26 Å². The van der Waals surface area contributed by atoms with Gasteiger partial charge in [-0.3, -0.25) is 0 Å². The fourth-order valence-electron chi connectivity index (χ4n) is 2.21. The molecular weight excluding hydrogens is 236 g/mol. The van der Waals surface area contributed by atoms with Crippen molar-refractivity contribution in [2.75, 3.05) is 20.2 Å². The highest BCUT2D eigenvalue weighted by atomic mass is 16.5. The molecule has 0 radical (unpaired) electrons. The molecule has 0 fully saturated rings. The van der Waals surface area contributed by atoms with Gasteiger partial charge >= 0.3 is 0 Å². The Bertz CT molecular complexity index is 460. The van der Waals surface area contributed by atoms with Gasteiger partial charge in [-0.05, 0) is 51.9 Å². The molecule has 0 saturated carbocycles. The quantitative estimate of drug-likeness (QED) is 0.786. The number of nitrogens with zero attached hydrogens (tertiary/aromatic N) is 2. The lowest BCUT2D eigenvalue weighted by atomic mass is 9.95. The van der Waals surface area contributed by atoms with E-state index >= 15 is 0 Å². The predicted molar refractivity (Wildman–Crippen MR) is 78.1 cm³/mol. The van der Waals surface area contributed by atoms with Crippen molar-refractivity contribution in [3.8, 4) is 11.8 Å². The maximum atomic E-state index is 9.06. The maximum Gasteiger partial charge on any atom is 0.122 e. The van der Waals surface area contributed by atoms with Gasteiger partial charge in [-0.15, -0.1) is 0 Å². The molecule has 3 heteroatoms. The smallest absolute Gasteiger partial charge is 0.122 e. The highest BCUT2D eigenvalue weighted by molar-refractivity contribution is 5.36. The van der Waals surface area contributed by atoms with Gasteiger partial charge in [0.1, 0.15) is 5.75 Å². The van der Waals surface area contributed by atoms with Crippen LogP contribution in [-0.4, -0.2) is 25.1 Å². The van der Waals surface area contributed by atoms with Gasteiger partial charge in [0, 0.05) is 13.1 Å². The molecule has 0 spiro atoms. The SMILES string of the molecule is CCOc1ccc(CN(C)CC(C)(C)C#N)cc1C. The zero-order valence-corrected chi connectivity index (χ0v) is 12.7. The average molecular weight is 260 g/mol. The van der Waals surface area contributed by atoms with Gasteiger partial charge in [-0.1, -0.05) is 12.1 Å². The molecule has 0 atom stereocenters. The number of rotatable bonds is 6. The highest BCUT2D eigenvalue weighted by Crippen LogP contribution is 2.21. The minimum absolute atomic E-state index is 0.310. The van der Waals surface area contributed by atoms with E-state index in [1.165, 1.54) is 5.56 Å². The van der Waals surface area contributed by atoms with Gasteiger partial charge in [-0.25, -0.2) is 0 Å². The van der Waals surface area contributed by atoms with Crippen LogP contribution in [0.5, 0.6) is 5.75 Å². The Morgan fingerprint density at radius 1 is 1.37 bits per heavy atom. The van der Waals surface area contributed by atoms with Crippen molar-refractivity contribution in [2.45, 2.75) is 34.2 Å². The first-order chi connectivity index (χ1) is 8.88. The molecule has 0 N–H and O–H groups in total. The summed E-state index contributed by atoms with van der Waals surface area (Å²) in [5.74, 6) is 0.950. The molecular formula is C16H24N2O. The predicted octanol–water partition coefficient (Wildman–Crippen LogP) is 3.38. The van der Waals surface area contributed by atoms with Gasteiger partial charge in [0.15, 0.2) is 0 Å². The lowest BCUT2D eigenvalue weighted by Crippen LogP contribution is -2.29. The Labute approximate surface area is 116 Å². The van der Waals surface area contributed by atoms with Crippen LogP contribution < -0.4 is 4.74 Å². The number of nitriles is 1. The molecule has 1 aromatic rings. The van der Waals surface area contributed by atoms with Gasteiger partial charge in [0.2, 0.25) is 0 Å². The summed E-state index contributed by atoms with van der Waals surface area (Å²) in [5.41, 5.74) is 2.10. The number of hydrogen-bond acceptors (Lipinski definition) is 3. The Balaban J connectivity index is 2.68. The molecule has 0 saturated heterocycles. The van der Waals surface area contributed by atoms with Crippen molar-refractivity contribution in [2.24, 2.45) is 5.41 Å². The molecule has 3 nitrogen and oxygen atoms in total. The normalized spacial score (nSPS) is 11.4. The van der Waals surface area contributed by atoms with Crippen molar-refractivity contribution in [1.82, 2.24) is 4.90 Å². The lowest BCUT2D eigenvalue weighted by molar-refractivity contribution is 0.248. The molecule has 1 rings (SSSR count). The van der Waals surface area contributed by atoms with Gasteiger partial charge < -0.3 is 9.64 Å². The third-order valence-electron chi connectivity index (χ3n) is 2.96. The Kier molecular flexibility index (Phi) is 5.38. The first-order valence-electron chi connectivity index (χ1n) is 6.70. The summed E-state index contributed by atoms with van der Waals surface area (Å²) < 4.78 is 5.54. The Morgan fingerprint density at radius 2 is 2.05 bits per heavy atom. The number of ether oxygens (including phenoxy) is 1. The molecule has 0 heterocycles. The Morgan fingerprint density at radius 3 is 2.58 bits per heavy atom. The van der Waals surface area contributed by atoms with Gasteiger partial charge in [0.25, 0.3) is 0 Å². The second-order valence-corrected chi connectivity index (χ2v) is 5.70. The number of benzene rings is 1. The van der Waals surface area contributed by atoms with Crippen LogP contribution in [0.2, 0.25) is 0 Å². The minimum atomic E-state index is -0.310. The fourth-order valence-corrected chi connectivity index (χ4v) is 2.21. The van der Waals surface area contributed by atoms with Crippen molar-refractivity contribution >= 4 is 0 Å². The van der Waals surface area contributed by atoms with Gasteiger partial charge in [0.05, 0.1) is 18.1 Å². The third kappa shape index (κ3) is 4.92. The largest absolute Gasteiger partial charge is 0.494 e. The molecule has 0 aromatic heterocycles. The van der Waals surface area contributed by atoms with Crippen molar-refractivity contribution < 1.29 is 4.74 Å². The fraction of sp³-hybridized carbons (Fsp3) is 0.562. The molecule has 0 amide bonds. The number of hydrogen-bond donors (Lipinski definition) is 0. The van der Waals surface area contributed by atoms with Crippen LogP contribution in [-0.2, 0) is 6.54 Å². The highest BCUT2D eigenvalue weighted by Gasteiger charge is 2.19. The van der Waals surface area contributed by atoms with Crippen LogP contribution in [0.25, 0.3) is 0 Å². The molecule has 0 aliphatic carbocycles. The average Bonchev–Trinajstić information content (AvgIpc) is 2.32. The molecule has 0 aliphatic rings. The first-order valence-corrected chi connectivity index (χ1v) is 6.70. The van der Waals surface area contributed by atoms with Crippen LogP contribution >= 0.6 is 0 Å². The van der Waals surface area contributed by atoms with Crippen molar-refractivity contribution in [1.29, 1.82) is 5.26 Å². The molecule has 1 aromatic carbocycles. The summed E-state index contributed by atoms with van der Waals surface area (Å²) in [4.78, 5) is 2.18. The summed E-state index contributed by atoms with van der Waals surface area (Å²) in [5, 5.41) is 9.06. The Hall–Kier alpha value is -1.53. The van der Waals surface area contributed by atoms with E-state index in [0.29, 0.717) is 6.61 Å². The van der Waals surface area contributed by atoms with Crippen LogP contribution in [0.1, 0.15) is 31.9 Å².